The van der Waals surface area contributed by atoms with E-state index in [1.807, 2.05) is 0 Å². The van der Waals surface area contributed by atoms with Gasteiger partial charge in [-0.3, -0.25) is 9.59 Å². The van der Waals surface area contributed by atoms with Crippen molar-refractivity contribution in [3.05, 3.63) is 0 Å². The number of carboxylic acid groups (broad SMARTS) is 2. The van der Waals surface area contributed by atoms with E-state index in [1.54, 1.807) is 0 Å². The first-order chi connectivity index (χ1) is 8.54. The van der Waals surface area contributed by atoms with Crippen molar-refractivity contribution in [1.82, 2.24) is 0 Å². The third kappa shape index (κ3) is 6.56. The number of aliphatic hydroxyl groups excluding tert-OH is 2. The fourth-order valence-electron chi connectivity index (χ4n) is 1.95. The predicted octanol–water partition coefficient (Wildman–Crippen LogP) is 0.713. The number of unbranched alkanes of at least 4 members (excludes halogenated alkanes) is 2. The average molecular weight is 262 g/mol. The molecule has 0 aliphatic rings. The minimum absolute atomic E-state index is 0.0193. The molecule has 0 amide bonds. The van der Waals surface area contributed by atoms with E-state index in [-0.39, 0.29) is 26.1 Å². The molecule has 0 saturated carbocycles. The van der Waals surface area contributed by atoms with Gasteiger partial charge in [-0.05, 0) is 25.7 Å². The first-order valence-electron chi connectivity index (χ1n) is 6.22. The first-order valence-corrected chi connectivity index (χ1v) is 6.22. The summed E-state index contributed by atoms with van der Waals surface area (Å²) < 4.78 is 0. The molecular weight excluding hydrogens is 240 g/mol. The lowest BCUT2D eigenvalue weighted by Crippen LogP contribution is -2.30. The van der Waals surface area contributed by atoms with Crippen molar-refractivity contribution in [2.24, 2.45) is 11.8 Å². The van der Waals surface area contributed by atoms with Gasteiger partial charge in [0.25, 0.3) is 0 Å². The Hall–Kier alpha value is -1.14. The van der Waals surface area contributed by atoms with Crippen LogP contribution in [-0.2, 0) is 9.59 Å². The van der Waals surface area contributed by atoms with Crippen LogP contribution < -0.4 is 0 Å². The van der Waals surface area contributed by atoms with E-state index < -0.39 is 23.8 Å². The molecule has 0 fully saturated rings. The third-order valence-electron chi connectivity index (χ3n) is 2.97. The lowest BCUT2D eigenvalue weighted by molar-refractivity contribution is -0.154. The van der Waals surface area contributed by atoms with Crippen LogP contribution in [0.25, 0.3) is 0 Å². The summed E-state index contributed by atoms with van der Waals surface area (Å²) in [7, 11) is 0. The van der Waals surface area contributed by atoms with E-state index >= 15 is 0 Å². The van der Waals surface area contributed by atoms with Gasteiger partial charge in [0.05, 0.1) is 11.8 Å². The van der Waals surface area contributed by atoms with E-state index in [0.29, 0.717) is 25.7 Å². The van der Waals surface area contributed by atoms with Crippen LogP contribution in [0.2, 0.25) is 0 Å². The van der Waals surface area contributed by atoms with Crippen molar-refractivity contribution >= 4 is 11.9 Å². The molecule has 6 heteroatoms. The first kappa shape index (κ1) is 16.9. The summed E-state index contributed by atoms with van der Waals surface area (Å²) >= 11 is 0. The zero-order chi connectivity index (χ0) is 14.0. The highest BCUT2D eigenvalue weighted by atomic mass is 16.4. The Morgan fingerprint density at radius 3 is 1.28 bits per heavy atom. The van der Waals surface area contributed by atoms with Gasteiger partial charge in [0.2, 0.25) is 0 Å². The zero-order valence-corrected chi connectivity index (χ0v) is 10.4. The van der Waals surface area contributed by atoms with Gasteiger partial charge in [0.15, 0.2) is 0 Å². The lowest BCUT2D eigenvalue weighted by atomic mass is 9.84. The van der Waals surface area contributed by atoms with Crippen molar-refractivity contribution in [2.75, 3.05) is 13.2 Å². The highest BCUT2D eigenvalue weighted by Crippen LogP contribution is 2.24. The number of carbonyl (C=O) groups is 2. The number of hydrogen-bond donors (Lipinski definition) is 4. The molecule has 0 aliphatic carbocycles. The number of carboxylic acids is 2. The predicted molar refractivity (Wildman–Crippen MR) is 64.1 cm³/mol. The largest absolute Gasteiger partial charge is 0.481 e. The van der Waals surface area contributed by atoms with Gasteiger partial charge in [0, 0.05) is 13.2 Å². The normalized spacial score (nSPS) is 14.1. The molecule has 0 rings (SSSR count). The van der Waals surface area contributed by atoms with E-state index in [9.17, 15) is 9.59 Å². The van der Waals surface area contributed by atoms with Crippen LogP contribution in [0.4, 0.5) is 0 Å². The molecule has 0 aromatic rings. The van der Waals surface area contributed by atoms with Crippen LogP contribution in [0, 0.1) is 11.8 Å². The monoisotopic (exact) mass is 262 g/mol. The van der Waals surface area contributed by atoms with Gasteiger partial charge in [0.1, 0.15) is 0 Å². The summed E-state index contributed by atoms with van der Waals surface area (Å²) in [6.45, 7) is -0.0385. The number of aliphatic hydroxyl groups is 2. The highest BCUT2D eigenvalue weighted by molar-refractivity contribution is 5.79. The summed E-state index contributed by atoms with van der Waals surface area (Å²) in [5, 5.41) is 35.4. The number of rotatable bonds is 11. The summed E-state index contributed by atoms with van der Waals surface area (Å²) in [5.74, 6) is -4.06. The van der Waals surface area contributed by atoms with Crippen LogP contribution in [0.1, 0.15) is 38.5 Å². The minimum Gasteiger partial charge on any atom is -0.481 e. The average Bonchev–Trinajstić information content (AvgIpc) is 2.31. The molecule has 0 aromatic heterocycles. The topological polar surface area (TPSA) is 115 Å². The number of hydrogen-bond acceptors (Lipinski definition) is 4. The van der Waals surface area contributed by atoms with Gasteiger partial charge in [-0.2, -0.15) is 0 Å². The molecular formula is C12H22O6. The van der Waals surface area contributed by atoms with Gasteiger partial charge in [-0.15, -0.1) is 0 Å². The second-order valence-corrected chi connectivity index (χ2v) is 4.33. The summed E-state index contributed by atoms with van der Waals surface area (Å²) in [4.78, 5) is 22.2. The van der Waals surface area contributed by atoms with Crippen LogP contribution in [0.15, 0.2) is 0 Å². The van der Waals surface area contributed by atoms with Crippen molar-refractivity contribution in [3.63, 3.8) is 0 Å². The second-order valence-electron chi connectivity index (χ2n) is 4.33. The molecule has 106 valence electrons. The standard InChI is InChI=1S/C12H22O6/c13-7-3-1-5-9(11(15)16)10(12(17)18)6-2-4-8-14/h9-10,13-14H,1-8H2,(H,15,16)(H,17,18). The highest BCUT2D eigenvalue weighted by Gasteiger charge is 2.32. The quantitative estimate of drug-likeness (QED) is 0.408. The molecule has 0 spiro atoms. The van der Waals surface area contributed by atoms with E-state index in [4.69, 9.17) is 20.4 Å². The van der Waals surface area contributed by atoms with Gasteiger partial charge in [-0.25, -0.2) is 0 Å². The third-order valence-corrected chi connectivity index (χ3v) is 2.97. The Morgan fingerprint density at radius 1 is 0.722 bits per heavy atom. The Labute approximate surface area is 106 Å². The molecule has 0 bridgehead atoms. The molecule has 0 aromatic carbocycles. The summed E-state index contributed by atoms with van der Waals surface area (Å²) in [6.07, 6.45) is 2.46. The van der Waals surface area contributed by atoms with Crippen molar-refractivity contribution in [3.8, 4) is 0 Å². The molecule has 0 aliphatic heterocycles. The maximum atomic E-state index is 11.1. The van der Waals surface area contributed by atoms with E-state index in [0.717, 1.165) is 0 Å². The molecule has 0 saturated heterocycles. The Morgan fingerprint density at radius 2 is 1.06 bits per heavy atom. The van der Waals surface area contributed by atoms with Crippen molar-refractivity contribution in [1.29, 1.82) is 0 Å². The Bertz CT molecular complexity index is 227. The SMILES string of the molecule is O=C(O)C(CCCCO)C(CCCCO)C(=O)O. The summed E-state index contributed by atoms with van der Waals surface area (Å²) in [6, 6.07) is 0. The fourth-order valence-corrected chi connectivity index (χ4v) is 1.95. The van der Waals surface area contributed by atoms with Crippen LogP contribution in [0.5, 0.6) is 0 Å². The molecule has 2 unspecified atom stereocenters. The van der Waals surface area contributed by atoms with Gasteiger partial charge in [-0.1, -0.05) is 12.8 Å². The maximum absolute atomic E-state index is 11.1. The molecule has 2 atom stereocenters. The minimum atomic E-state index is -1.11. The van der Waals surface area contributed by atoms with Gasteiger partial charge >= 0.3 is 11.9 Å². The Kier molecular flexibility index (Phi) is 9.22. The smallest absolute Gasteiger partial charge is 0.307 e. The fraction of sp³-hybridized carbons (Fsp3) is 0.833. The van der Waals surface area contributed by atoms with Crippen LogP contribution >= 0.6 is 0 Å². The van der Waals surface area contributed by atoms with E-state index in [1.165, 1.54) is 0 Å². The van der Waals surface area contributed by atoms with Crippen molar-refractivity contribution in [2.45, 2.75) is 38.5 Å². The molecule has 18 heavy (non-hydrogen) atoms. The molecule has 0 radical (unpaired) electrons. The lowest BCUT2D eigenvalue weighted by Gasteiger charge is -2.20. The second kappa shape index (κ2) is 9.85. The van der Waals surface area contributed by atoms with Gasteiger partial charge < -0.3 is 20.4 Å². The molecule has 6 nitrogen and oxygen atoms in total. The van der Waals surface area contributed by atoms with Crippen molar-refractivity contribution < 1.29 is 30.0 Å². The number of aliphatic carboxylic acids is 2. The maximum Gasteiger partial charge on any atom is 0.307 e. The van der Waals surface area contributed by atoms with Crippen LogP contribution in [-0.4, -0.2) is 45.6 Å². The molecule has 4 N–H and O–H groups in total. The van der Waals surface area contributed by atoms with Crippen LogP contribution in [0.3, 0.4) is 0 Å². The molecule has 0 heterocycles. The van der Waals surface area contributed by atoms with E-state index in [2.05, 4.69) is 0 Å². The zero-order valence-electron chi connectivity index (χ0n) is 10.4. The Balaban J connectivity index is 4.45. The summed E-state index contributed by atoms with van der Waals surface area (Å²) in [5.41, 5.74) is 0.